The number of halogens is 2. The Kier molecular flexibility index (Phi) is 4.52. The van der Waals surface area contributed by atoms with E-state index in [2.05, 4.69) is 5.32 Å². The summed E-state index contributed by atoms with van der Waals surface area (Å²) >= 11 is 0. The number of rotatable bonds is 3. The summed E-state index contributed by atoms with van der Waals surface area (Å²) in [5, 5.41) is 2.39. The van der Waals surface area contributed by atoms with E-state index in [4.69, 9.17) is 11.5 Å². The van der Waals surface area contributed by atoms with E-state index < -0.39 is 23.1 Å². The van der Waals surface area contributed by atoms with Gasteiger partial charge in [-0.15, -0.1) is 0 Å². The molecule has 5 nitrogen and oxygen atoms in total. The van der Waals surface area contributed by atoms with E-state index >= 15 is 0 Å². The lowest BCUT2D eigenvalue weighted by molar-refractivity contribution is -0.120. The first-order valence-corrected chi connectivity index (χ1v) is 6.73. The van der Waals surface area contributed by atoms with E-state index in [0.717, 1.165) is 18.9 Å². The van der Waals surface area contributed by atoms with E-state index in [1.54, 1.807) is 0 Å². The van der Waals surface area contributed by atoms with Crippen LogP contribution in [0.15, 0.2) is 12.1 Å². The Morgan fingerprint density at radius 1 is 1.10 bits per heavy atom. The third-order valence-electron chi connectivity index (χ3n) is 3.72. The summed E-state index contributed by atoms with van der Waals surface area (Å²) < 4.78 is 27.0. The van der Waals surface area contributed by atoms with Crippen molar-refractivity contribution < 1.29 is 18.4 Å². The molecular weight excluding hydrogens is 280 g/mol. The molecule has 0 aromatic heterocycles. The molecule has 1 fully saturated rings. The zero-order valence-corrected chi connectivity index (χ0v) is 11.4. The number of amides is 2. The largest absolute Gasteiger partial charge is 0.366 e. The predicted octanol–water partition coefficient (Wildman–Crippen LogP) is 1.52. The van der Waals surface area contributed by atoms with Crippen LogP contribution in [-0.4, -0.2) is 17.9 Å². The van der Waals surface area contributed by atoms with Gasteiger partial charge in [0.15, 0.2) is 0 Å². The molecule has 7 heteroatoms. The van der Waals surface area contributed by atoms with Crippen molar-refractivity contribution in [3.63, 3.8) is 0 Å². The Bertz CT molecular complexity index is 570. The first-order chi connectivity index (χ1) is 9.88. The van der Waals surface area contributed by atoms with Gasteiger partial charge in [0.2, 0.25) is 5.91 Å². The van der Waals surface area contributed by atoms with Gasteiger partial charge in [0.1, 0.15) is 11.6 Å². The SMILES string of the molecule is NC(=O)c1cc(NC(=O)C2CCC(N)CC2)c(F)cc1F. The molecule has 1 aromatic carbocycles. The van der Waals surface area contributed by atoms with Gasteiger partial charge in [-0.3, -0.25) is 9.59 Å². The molecule has 0 bridgehead atoms. The number of nitrogens with two attached hydrogens (primary N) is 2. The molecule has 21 heavy (non-hydrogen) atoms. The maximum absolute atomic E-state index is 13.7. The molecule has 0 heterocycles. The van der Waals surface area contributed by atoms with Gasteiger partial charge in [0.25, 0.3) is 5.91 Å². The van der Waals surface area contributed by atoms with Crippen molar-refractivity contribution in [3.05, 3.63) is 29.3 Å². The molecule has 0 radical (unpaired) electrons. The minimum absolute atomic E-state index is 0.0954. The number of carbonyl (C=O) groups is 2. The average molecular weight is 297 g/mol. The van der Waals surface area contributed by atoms with Gasteiger partial charge < -0.3 is 16.8 Å². The normalized spacial score (nSPS) is 21.9. The number of benzene rings is 1. The second-order valence-electron chi connectivity index (χ2n) is 5.28. The lowest BCUT2D eigenvalue weighted by atomic mass is 9.86. The van der Waals surface area contributed by atoms with Gasteiger partial charge in [-0.25, -0.2) is 8.78 Å². The molecule has 0 unspecified atom stereocenters. The second-order valence-corrected chi connectivity index (χ2v) is 5.28. The molecule has 5 N–H and O–H groups in total. The van der Waals surface area contributed by atoms with Crippen LogP contribution in [0, 0.1) is 17.6 Å². The molecule has 0 spiro atoms. The Morgan fingerprint density at radius 3 is 2.29 bits per heavy atom. The summed E-state index contributed by atoms with van der Waals surface area (Å²) in [4.78, 5) is 23.1. The molecule has 1 aliphatic rings. The van der Waals surface area contributed by atoms with E-state index in [0.29, 0.717) is 18.9 Å². The quantitative estimate of drug-likeness (QED) is 0.788. The van der Waals surface area contributed by atoms with Gasteiger partial charge >= 0.3 is 0 Å². The highest BCUT2D eigenvalue weighted by atomic mass is 19.1. The molecule has 1 aliphatic carbocycles. The fourth-order valence-electron chi connectivity index (χ4n) is 2.45. The predicted molar refractivity (Wildman–Crippen MR) is 73.4 cm³/mol. The highest BCUT2D eigenvalue weighted by Crippen LogP contribution is 2.26. The second kappa shape index (κ2) is 6.17. The number of nitrogens with one attached hydrogen (secondary N) is 1. The molecule has 0 aliphatic heterocycles. The van der Waals surface area contributed by atoms with Crippen LogP contribution < -0.4 is 16.8 Å². The third-order valence-corrected chi connectivity index (χ3v) is 3.72. The van der Waals surface area contributed by atoms with E-state index in [1.165, 1.54) is 0 Å². The standard InChI is InChI=1S/C14H17F2N3O2/c15-10-6-11(16)12(5-9(10)13(18)20)19-14(21)7-1-3-8(17)4-2-7/h5-8H,1-4,17H2,(H2,18,20)(H,19,21). The van der Waals surface area contributed by atoms with Crippen molar-refractivity contribution in [1.82, 2.24) is 0 Å². The maximum atomic E-state index is 13.7. The van der Waals surface area contributed by atoms with Gasteiger partial charge in [-0.2, -0.15) is 0 Å². The van der Waals surface area contributed by atoms with Crippen molar-refractivity contribution in [2.75, 3.05) is 5.32 Å². The number of carbonyl (C=O) groups excluding carboxylic acids is 2. The Labute approximate surface area is 120 Å². The minimum Gasteiger partial charge on any atom is -0.366 e. The smallest absolute Gasteiger partial charge is 0.251 e. The van der Waals surface area contributed by atoms with Crippen LogP contribution in [0.1, 0.15) is 36.0 Å². The summed E-state index contributed by atoms with van der Waals surface area (Å²) in [6.07, 6.45) is 2.71. The van der Waals surface area contributed by atoms with E-state index in [-0.39, 0.29) is 23.6 Å². The lowest BCUT2D eigenvalue weighted by Gasteiger charge is -2.25. The first-order valence-electron chi connectivity index (χ1n) is 6.73. The molecule has 1 aromatic rings. The Morgan fingerprint density at radius 2 is 1.71 bits per heavy atom. The lowest BCUT2D eigenvalue weighted by Crippen LogP contribution is -2.32. The van der Waals surface area contributed by atoms with Crippen molar-refractivity contribution in [1.29, 1.82) is 0 Å². The van der Waals surface area contributed by atoms with Gasteiger partial charge in [0, 0.05) is 18.0 Å². The third kappa shape index (κ3) is 3.55. The zero-order valence-electron chi connectivity index (χ0n) is 11.4. The molecule has 114 valence electrons. The van der Waals surface area contributed by atoms with Crippen LogP contribution >= 0.6 is 0 Å². The monoisotopic (exact) mass is 297 g/mol. The average Bonchev–Trinajstić information content (AvgIpc) is 2.42. The minimum atomic E-state index is -1.05. The van der Waals surface area contributed by atoms with Crippen LogP contribution in [0.2, 0.25) is 0 Å². The number of anilines is 1. The fraction of sp³-hybridized carbons (Fsp3) is 0.429. The molecule has 0 saturated heterocycles. The summed E-state index contributed by atoms with van der Waals surface area (Å²) in [5.74, 6) is -3.64. The summed E-state index contributed by atoms with van der Waals surface area (Å²) in [6, 6.07) is 1.55. The van der Waals surface area contributed by atoms with Crippen LogP contribution in [0.4, 0.5) is 14.5 Å². The van der Waals surface area contributed by atoms with Crippen LogP contribution in [0.5, 0.6) is 0 Å². The van der Waals surface area contributed by atoms with E-state index in [1.807, 2.05) is 0 Å². The number of primary amides is 1. The van der Waals surface area contributed by atoms with Gasteiger partial charge in [-0.1, -0.05) is 0 Å². The molecule has 0 atom stereocenters. The van der Waals surface area contributed by atoms with Crippen molar-refractivity contribution in [2.45, 2.75) is 31.7 Å². The summed E-state index contributed by atoms with van der Waals surface area (Å²) in [7, 11) is 0. The van der Waals surface area contributed by atoms with Crippen LogP contribution in [0.25, 0.3) is 0 Å². The van der Waals surface area contributed by atoms with Crippen LogP contribution in [0.3, 0.4) is 0 Å². The first kappa shape index (κ1) is 15.4. The highest BCUT2D eigenvalue weighted by molar-refractivity contribution is 5.97. The van der Waals surface area contributed by atoms with Crippen molar-refractivity contribution >= 4 is 17.5 Å². The van der Waals surface area contributed by atoms with Gasteiger partial charge in [0.05, 0.1) is 11.3 Å². The molecule has 2 amide bonds. The summed E-state index contributed by atoms with van der Waals surface area (Å²) in [5.41, 5.74) is 10.0. The topological polar surface area (TPSA) is 98.2 Å². The van der Waals surface area contributed by atoms with E-state index in [9.17, 15) is 18.4 Å². The number of hydrogen-bond acceptors (Lipinski definition) is 3. The molecular formula is C14H17F2N3O2. The Balaban J connectivity index is 2.13. The zero-order chi connectivity index (χ0) is 15.6. The maximum Gasteiger partial charge on any atom is 0.251 e. The highest BCUT2D eigenvalue weighted by Gasteiger charge is 2.25. The molecule has 1 saturated carbocycles. The van der Waals surface area contributed by atoms with Crippen molar-refractivity contribution in [2.24, 2.45) is 17.4 Å². The van der Waals surface area contributed by atoms with Crippen LogP contribution in [-0.2, 0) is 4.79 Å². The van der Waals surface area contributed by atoms with Gasteiger partial charge in [-0.05, 0) is 31.7 Å². The Hall–Kier alpha value is -2.02. The summed E-state index contributed by atoms with van der Waals surface area (Å²) in [6.45, 7) is 0. The molecule has 2 rings (SSSR count). The number of hydrogen-bond donors (Lipinski definition) is 3. The fourth-order valence-corrected chi connectivity index (χ4v) is 2.45. The van der Waals surface area contributed by atoms with Crippen molar-refractivity contribution in [3.8, 4) is 0 Å².